The minimum absolute atomic E-state index is 0.291. The molecule has 0 bridgehead atoms. The Balaban J connectivity index is 1.96. The van der Waals surface area contributed by atoms with Gasteiger partial charge in [0.05, 0.1) is 29.9 Å². The molecule has 0 fully saturated rings. The first kappa shape index (κ1) is 26.4. The molecule has 188 valence electrons. The predicted octanol–water partition coefficient (Wildman–Crippen LogP) is 3.92. The molecule has 1 aliphatic rings. The minimum atomic E-state index is -0.291. The number of nitrogens with zero attached hydrogens (tertiary/aromatic N) is 3. The van der Waals surface area contributed by atoms with Crippen LogP contribution in [0.5, 0.6) is 5.75 Å². The van der Waals surface area contributed by atoms with Crippen LogP contribution in [0.2, 0.25) is 0 Å². The van der Waals surface area contributed by atoms with Gasteiger partial charge in [-0.1, -0.05) is 24.8 Å². The van der Waals surface area contributed by atoms with Gasteiger partial charge in [-0.25, -0.2) is 9.97 Å². The van der Waals surface area contributed by atoms with Crippen LogP contribution in [-0.2, 0) is 11.2 Å². The number of methoxy groups -OCH3 is 1. The molecule has 0 spiro atoms. The van der Waals surface area contributed by atoms with E-state index in [2.05, 4.69) is 37.4 Å². The van der Waals surface area contributed by atoms with Crippen LogP contribution >= 0.6 is 0 Å². The molecule has 3 rings (SSSR count). The Bertz CT molecular complexity index is 1230. The van der Waals surface area contributed by atoms with Crippen LogP contribution in [0.4, 0.5) is 17.3 Å². The van der Waals surface area contributed by atoms with E-state index in [0.29, 0.717) is 40.2 Å². The summed E-state index contributed by atoms with van der Waals surface area (Å²) in [5.74, 6) is 0.665. The number of hydrogen-bond acceptors (Lipinski definition) is 8. The molecule has 1 amide bonds. The number of carbonyl (C=O) groups excluding carboxylic acids is 1. The van der Waals surface area contributed by atoms with Crippen molar-refractivity contribution in [2.75, 3.05) is 45.4 Å². The Hall–Kier alpha value is -4.24. The number of carbonyl (C=O) groups is 1. The van der Waals surface area contributed by atoms with E-state index in [9.17, 15) is 4.79 Å². The third-order valence-electron chi connectivity index (χ3n) is 5.52. The molecule has 9 heteroatoms. The maximum absolute atomic E-state index is 12.1. The van der Waals surface area contributed by atoms with Gasteiger partial charge in [-0.05, 0) is 69.4 Å². The zero-order valence-electron chi connectivity index (χ0n) is 21.2. The maximum Gasteiger partial charge on any atom is 0.247 e. The van der Waals surface area contributed by atoms with E-state index < -0.39 is 0 Å². The molecule has 0 saturated carbocycles. The highest BCUT2D eigenvalue weighted by molar-refractivity contribution is 6.14. The molecule has 9 nitrogen and oxygen atoms in total. The molecule has 4 N–H and O–H groups in total. The average Bonchev–Trinajstić information content (AvgIpc) is 2.86. The number of hydrogen-bond donors (Lipinski definition) is 4. The quantitative estimate of drug-likeness (QED) is 0.355. The lowest BCUT2D eigenvalue weighted by atomic mass is 10.0. The predicted molar refractivity (Wildman–Crippen MR) is 146 cm³/mol. The molecule has 36 heavy (non-hydrogen) atoms. The van der Waals surface area contributed by atoms with Crippen molar-refractivity contribution >= 4 is 34.6 Å². The second-order valence-electron chi connectivity index (χ2n) is 8.37. The first-order chi connectivity index (χ1) is 17.4. The van der Waals surface area contributed by atoms with Crippen LogP contribution in [-0.4, -0.2) is 61.3 Å². The Labute approximate surface area is 212 Å². The van der Waals surface area contributed by atoms with E-state index in [1.807, 2.05) is 44.5 Å². The van der Waals surface area contributed by atoms with Gasteiger partial charge < -0.3 is 31.0 Å². The van der Waals surface area contributed by atoms with Gasteiger partial charge in [0.1, 0.15) is 5.75 Å². The van der Waals surface area contributed by atoms with Gasteiger partial charge in [0, 0.05) is 24.5 Å². The first-order valence-corrected chi connectivity index (χ1v) is 11.6. The largest absolute Gasteiger partial charge is 0.495 e. The van der Waals surface area contributed by atoms with Crippen molar-refractivity contribution in [1.82, 2.24) is 20.2 Å². The number of amides is 1. The van der Waals surface area contributed by atoms with Gasteiger partial charge in [0.25, 0.3) is 0 Å². The van der Waals surface area contributed by atoms with E-state index in [0.717, 1.165) is 30.5 Å². The Morgan fingerprint density at radius 2 is 2.00 bits per heavy atom. The third-order valence-corrected chi connectivity index (χ3v) is 5.52. The lowest BCUT2D eigenvalue weighted by molar-refractivity contribution is -0.111. The van der Waals surface area contributed by atoms with E-state index in [1.54, 1.807) is 32.5 Å². The number of nitrogens with one attached hydrogen (secondary N) is 4. The second-order valence-corrected chi connectivity index (χ2v) is 8.37. The summed E-state index contributed by atoms with van der Waals surface area (Å²) < 4.78 is 5.65. The zero-order chi connectivity index (χ0) is 26.1. The molecule has 1 aromatic carbocycles. The Morgan fingerprint density at radius 3 is 2.67 bits per heavy atom. The fraction of sp³-hybridized carbons (Fsp3) is 0.259. The van der Waals surface area contributed by atoms with Crippen molar-refractivity contribution in [3.8, 4) is 5.75 Å². The SMILES string of the molecule is C=CC(=O)Nc1cc(Nc2nccc(/C(NC)=C3\C=CC=CC3=N)n2)c(OC)cc1CCCN(C)C. The molecule has 0 radical (unpaired) electrons. The summed E-state index contributed by atoms with van der Waals surface area (Å²) in [5, 5.41) is 17.5. The van der Waals surface area contributed by atoms with Crippen molar-refractivity contribution in [3.63, 3.8) is 0 Å². The van der Waals surface area contributed by atoms with E-state index in [-0.39, 0.29) is 5.91 Å². The molecule has 2 aromatic rings. The standard InChI is InChI=1S/C27H33N7O2/c1-6-25(35)31-22-17-23(24(36-5)16-18(22)10-9-15-34(3)4)33-27-30-14-13-21(32-27)26(29-2)19-11-7-8-12-20(19)28/h6-8,11-14,16-17,28-29H,1,9-10,15H2,2-5H3,(H,31,35)(H,30,32,33)/b26-19-,28-20?. The fourth-order valence-electron chi connectivity index (χ4n) is 3.76. The number of aryl methyl sites for hydroxylation is 1. The van der Waals surface area contributed by atoms with Crippen LogP contribution in [0.25, 0.3) is 5.70 Å². The summed E-state index contributed by atoms with van der Waals surface area (Å²) >= 11 is 0. The number of anilines is 3. The normalized spacial score (nSPS) is 14.0. The zero-order valence-corrected chi connectivity index (χ0v) is 21.2. The molecule has 1 aliphatic carbocycles. The van der Waals surface area contributed by atoms with Crippen molar-refractivity contribution < 1.29 is 9.53 Å². The molecule has 0 atom stereocenters. The summed E-state index contributed by atoms with van der Waals surface area (Å²) in [4.78, 5) is 23.3. The highest BCUT2D eigenvalue weighted by Gasteiger charge is 2.16. The van der Waals surface area contributed by atoms with Gasteiger partial charge in [-0.2, -0.15) is 0 Å². The molecule has 1 aromatic heterocycles. The molecule has 0 saturated heterocycles. The topological polar surface area (TPSA) is 115 Å². The van der Waals surface area contributed by atoms with Crippen LogP contribution in [0.15, 0.2) is 66.9 Å². The van der Waals surface area contributed by atoms with Gasteiger partial charge >= 0.3 is 0 Å². The third kappa shape index (κ3) is 6.67. The van der Waals surface area contributed by atoms with E-state index >= 15 is 0 Å². The van der Waals surface area contributed by atoms with Crippen LogP contribution in [0.1, 0.15) is 17.7 Å². The maximum atomic E-state index is 12.1. The lowest BCUT2D eigenvalue weighted by Gasteiger charge is -2.18. The molecular formula is C27H33N7O2. The summed E-state index contributed by atoms with van der Waals surface area (Å²) in [6, 6.07) is 5.52. The number of aromatic nitrogens is 2. The number of ether oxygens (including phenoxy) is 1. The Morgan fingerprint density at radius 1 is 1.22 bits per heavy atom. The summed E-state index contributed by atoms with van der Waals surface area (Å²) in [6.45, 7) is 4.48. The number of rotatable bonds is 11. The van der Waals surface area contributed by atoms with Crippen molar-refractivity contribution in [2.45, 2.75) is 12.8 Å². The molecule has 0 aliphatic heterocycles. The Kier molecular flexibility index (Phi) is 9.13. The molecule has 0 unspecified atom stereocenters. The van der Waals surface area contributed by atoms with Gasteiger partial charge in [0.2, 0.25) is 11.9 Å². The van der Waals surface area contributed by atoms with E-state index in [1.165, 1.54) is 6.08 Å². The van der Waals surface area contributed by atoms with Crippen molar-refractivity contribution in [2.24, 2.45) is 0 Å². The first-order valence-electron chi connectivity index (χ1n) is 11.6. The van der Waals surface area contributed by atoms with Crippen LogP contribution in [0.3, 0.4) is 0 Å². The van der Waals surface area contributed by atoms with Crippen LogP contribution < -0.4 is 20.7 Å². The monoisotopic (exact) mass is 487 g/mol. The van der Waals surface area contributed by atoms with Gasteiger partial charge in [0.15, 0.2) is 0 Å². The molecule has 1 heterocycles. The fourth-order valence-corrected chi connectivity index (χ4v) is 3.76. The van der Waals surface area contributed by atoms with Crippen molar-refractivity contribution in [3.05, 3.63) is 78.2 Å². The summed E-state index contributed by atoms with van der Waals surface area (Å²) in [5.41, 5.74) is 4.72. The number of benzene rings is 1. The highest BCUT2D eigenvalue weighted by Crippen LogP contribution is 2.34. The van der Waals surface area contributed by atoms with Gasteiger partial charge in [-0.3, -0.25) is 4.79 Å². The smallest absolute Gasteiger partial charge is 0.247 e. The average molecular weight is 488 g/mol. The lowest BCUT2D eigenvalue weighted by Crippen LogP contribution is -2.15. The summed E-state index contributed by atoms with van der Waals surface area (Å²) in [7, 11) is 7.45. The summed E-state index contributed by atoms with van der Waals surface area (Å²) in [6.07, 6.45) is 11.9. The van der Waals surface area contributed by atoms with Crippen molar-refractivity contribution in [1.29, 1.82) is 5.41 Å². The number of allylic oxidation sites excluding steroid dienone is 5. The minimum Gasteiger partial charge on any atom is -0.495 e. The van der Waals surface area contributed by atoms with Crippen LogP contribution in [0, 0.1) is 5.41 Å². The highest BCUT2D eigenvalue weighted by atomic mass is 16.5. The molecular weight excluding hydrogens is 454 g/mol. The van der Waals surface area contributed by atoms with Gasteiger partial charge in [-0.15, -0.1) is 0 Å². The van der Waals surface area contributed by atoms with E-state index in [4.69, 9.17) is 10.1 Å². The second kappa shape index (κ2) is 12.5.